The summed E-state index contributed by atoms with van der Waals surface area (Å²) in [5, 5.41) is 10.4. The number of hydrogen-bond donors (Lipinski definition) is 1. The molecule has 0 amide bonds. The Balaban J connectivity index is 0.00000133. The molecule has 1 N–H and O–H groups in total. The average Bonchev–Trinajstić information content (AvgIpc) is 2.89. The van der Waals surface area contributed by atoms with Gasteiger partial charge >= 0.3 is 0 Å². The summed E-state index contributed by atoms with van der Waals surface area (Å²) >= 11 is 0. The lowest BCUT2D eigenvalue weighted by Crippen LogP contribution is -3.00. The highest BCUT2D eigenvalue weighted by Gasteiger charge is 2.70. The van der Waals surface area contributed by atoms with Gasteiger partial charge < -0.3 is 26.6 Å². The molecule has 2 aliphatic heterocycles. The minimum atomic E-state index is -0.00789. The molecular weight excluding hydrogens is 302 g/mol. The molecule has 2 saturated heterocycles. The number of aliphatic hydroxyl groups excluding tert-OH is 1. The van der Waals surface area contributed by atoms with Gasteiger partial charge in [-0.1, -0.05) is 19.8 Å². The lowest BCUT2D eigenvalue weighted by molar-refractivity contribution is -0.953. The van der Waals surface area contributed by atoms with Crippen molar-refractivity contribution in [2.24, 2.45) is 11.8 Å². The first kappa shape index (κ1) is 15.8. The molecule has 0 radical (unpaired) electrons. The Morgan fingerprint density at radius 2 is 1.95 bits per heavy atom. The van der Waals surface area contributed by atoms with Gasteiger partial charge in [0, 0.05) is 18.3 Å². The lowest BCUT2D eigenvalue weighted by atomic mass is 9.83. The van der Waals surface area contributed by atoms with Gasteiger partial charge in [-0.15, -0.1) is 0 Å². The Labute approximate surface area is 128 Å². The molecule has 2 heterocycles. The number of aliphatic hydroxyl groups is 1. The first-order chi connectivity index (χ1) is 8.64. The second kappa shape index (κ2) is 5.65. The molecule has 3 rings (SSSR count). The average molecular weight is 332 g/mol. The Kier molecular flexibility index (Phi) is 4.69. The molecule has 3 aliphatic rings. The Morgan fingerprint density at radius 3 is 2.68 bits per heavy atom. The van der Waals surface area contributed by atoms with Crippen molar-refractivity contribution >= 4 is 0 Å². The predicted octanol–water partition coefficient (Wildman–Crippen LogP) is -0.0494. The molecule has 0 aromatic heterocycles. The summed E-state index contributed by atoms with van der Waals surface area (Å²) in [6, 6.07) is 0. The minimum Gasteiger partial charge on any atom is -1.00 e. The predicted molar refractivity (Wildman–Crippen MR) is 74.2 cm³/mol. The topological polar surface area (TPSA) is 20.2 Å². The van der Waals surface area contributed by atoms with Crippen LogP contribution in [-0.2, 0) is 0 Å². The van der Waals surface area contributed by atoms with Crippen LogP contribution in [0.2, 0.25) is 0 Å². The molecule has 0 aromatic carbocycles. The summed E-state index contributed by atoms with van der Waals surface area (Å²) < 4.78 is 1.27. The third kappa shape index (κ3) is 2.11. The molecule has 112 valence electrons. The van der Waals surface area contributed by atoms with E-state index in [1.807, 2.05) is 0 Å². The van der Waals surface area contributed by atoms with Crippen LogP contribution in [0.15, 0.2) is 0 Å². The van der Waals surface area contributed by atoms with Crippen molar-refractivity contribution in [3.63, 3.8) is 0 Å². The molecule has 5 atom stereocenters. The third-order valence-corrected chi connectivity index (χ3v) is 6.77. The quantitative estimate of drug-likeness (QED) is 0.553. The fourth-order valence-electron chi connectivity index (χ4n) is 5.73. The number of halogens is 1. The number of unbranched alkanes of at least 4 members (excludes halogenated alkanes) is 3. The fraction of sp³-hybridized carbons (Fsp3) is 1.00. The monoisotopic (exact) mass is 331 g/mol. The van der Waals surface area contributed by atoms with Crippen LogP contribution >= 0.6 is 0 Å². The van der Waals surface area contributed by atoms with E-state index in [0.717, 1.165) is 12.5 Å². The van der Waals surface area contributed by atoms with Crippen molar-refractivity contribution in [1.29, 1.82) is 0 Å². The molecule has 0 aromatic rings. The van der Waals surface area contributed by atoms with Crippen molar-refractivity contribution in [3.8, 4) is 0 Å². The van der Waals surface area contributed by atoms with Crippen molar-refractivity contribution in [2.75, 3.05) is 19.6 Å². The number of rotatable bonds is 5. The van der Waals surface area contributed by atoms with Crippen LogP contribution in [-0.4, -0.2) is 40.9 Å². The number of nitrogens with zero attached hydrogens (tertiary/aromatic N) is 1. The Bertz CT molecular complexity index is 324. The van der Waals surface area contributed by atoms with E-state index in [4.69, 9.17) is 0 Å². The highest BCUT2D eigenvalue weighted by atomic mass is 79.9. The van der Waals surface area contributed by atoms with E-state index in [1.54, 1.807) is 0 Å². The van der Waals surface area contributed by atoms with Crippen molar-refractivity contribution < 1.29 is 26.6 Å². The van der Waals surface area contributed by atoms with E-state index in [1.165, 1.54) is 62.5 Å². The Morgan fingerprint density at radius 1 is 1.16 bits per heavy atom. The van der Waals surface area contributed by atoms with Gasteiger partial charge in [-0.25, -0.2) is 0 Å². The smallest absolute Gasteiger partial charge is 0.112 e. The van der Waals surface area contributed by atoms with Crippen molar-refractivity contribution in [1.82, 2.24) is 0 Å². The standard InChI is InChI=1S/C16H30NO.BrH/c1-3-4-5-6-10-17-11-9-13-7-8-14(15(18)12-17)16(13,17)2;/h13-15,18H,3-12H2,1-2H3;1H/q+1;/p-1/t13-,14+,15+,16+,17-;/m0./s1. The third-order valence-electron chi connectivity index (χ3n) is 6.77. The van der Waals surface area contributed by atoms with Crippen LogP contribution in [0, 0.1) is 11.8 Å². The first-order valence-corrected chi connectivity index (χ1v) is 8.18. The highest BCUT2D eigenvalue weighted by Crippen LogP contribution is 2.59. The molecule has 0 bridgehead atoms. The second-order valence-corrected chi connectivity index (χ2v) is 7.30. The van der Waals surface area contributed by atoms with Crippen molar-refractivity contribution in [2.45, 2.75) is 70.4 Å². The van der Waals surface area contributed by atoms with Gasteiger partial charge in [0.1, 0.15) is 18.2 Å². The summed E-state index contributed by atoms with van der Waals surface area (Å²) in [5.41, 5.74) is 0.436. The zero-order valence-electron chi connectivity index (χ0n) is 12.6. The van der Waals surface area contributed by atoms with E-state index < -0.39 is 0 Å². The zero-order chi connectivity index (χ0) is 12.8. The molecule has 1 aliphatic carbocycles. The van der Waals surface area contributed by atoms with Crippen molar-refractivity contribution in [3.05, 3.63) is 0 Å². The maximum Gasteiger partial charge on any atom is 0.112 e. The minimum absolute atomic E-state index is 0. The molecule has 2 nitrogen and oxygen atoms in total. The molecule has 19 heavy (non-hydrogen) atoms. The zero-order valence-corrected chi connectivity index (χ0v) is 14.2. The summed E-state index contributed by atoms with van der Waals surface area (Å²) in [6.45, 7) is 8.54. The molecule has 0 spiro atoms. The number of quaternary nitrogens is 1. The van der Waals surface area contributed by atoms with E-state index in [-0.39, 0.29) is 23.1 Å². The van der Waals surface area contributed by atoms with E-state index in [2.05, 4.69) is 13.8 Å². The molecule has 3 fully saturated rings. The van der Waals surface area contributed by atoms with Crippen LogP contribution in [0.4, 0.5) is 0 Å². The summed E-state index contributed by atoms with van der Waals surface area (Å²) in [6.07, 6.45) is 9.55. The first-order valence-electron chi connectivity index (χ1n) is 8.18. The van der Waals surface area contributed by atoms with Crippen LogP contribution < -0.4 is 17.0 Å². The molecule has 1 saturated carbocycles. The molecular formula is C16H30BrNO. The molecule has 0 unspecified atom stereocenters. The van der Waals surface area contributed by atoms with Gasteiger partial charge in [0.05, 0.1) is 13.1 Å². The second-order valence-electron chi connectivity index (χ2n) is 7.30. The summed E-state index contributed by atoms with van der Waals surface area (Å²) in [4.78, 5) is 0. The van der Waals surface area contributed by atoms with Gasteiger partial charge in [0.25, 0.3) is 0 Å². The van der Waals surface area contributed by atoms with Gasteiger partial charge in [-0.05, 0) is 32.6 Å². The van der Waals surface area contributed by atoms with E-state index >= 15 is 0 Å². The van der Waals surface area contributed by atoms with Gasteiger partial charge in [-0.3, -0.25) is 0 Å². The summed E-state index contributed by atoms with van der Waals surface area (Å²) in [5.74, 6) is 1.52. The maximum absolute atomic E-state index is 10.4. The van der Waals surface area contributed by atoms with E-state index in [9.17, 15) is 5.11 Å². The van der Waals surface area contributed by atoms with Gasteiger partial charge in [0.15, 0.2) is 0 Å². The summed E-state index contributed by atoms with van der Waals surface area (Å²) in [7, 11) is 0. The van der Waals surface area contributed by atoms with Crippen LogP contribution in [0.1, 0.15) is 58.8 Å². The van der Waals surface area contributed by atoms with Crippen LogP contribution in [0.5, 0.6) is 0 Å². The fourth-order valence-corrected chi connectivity index (χ4v) is 5.73. The highest BCUT2D eigenvalue weighted by molar-refractivity contribution is 5.07. The SMILES string of the molecule is CCCCCC[N@+]12CC[C@@H]3CC[C@H]([C@H](O)C1)[C@@]32C.[Br-]. The normalized spacial score (nSPS) is 47.2. The lowest BCUT2D eigenvalue weighted by Gasteiger charge is -2.44. The molecule has 3 heteroatoms. The van der Waals surface area contributed by atoms with Gasteiger partial charge in [-0.2, -0.15) is 0 Å². The van der Waals surface area contributed by atoms with E-state index in [0.29, 0.717) is 11.5 Å². The maximum atomic E-state index is 10.4. The van der Waals surface area contributed by atoms with Crippen LogP contribution in [0.3, 0.4) is 0 Å². The number of hydrogen-bond acceptors (Lipinski definition) is 1. The van der Waals surface area contributed by atoms with Crippen LogP contribution in [0.25, 0.3) is 0 Å². The largest absolute Gasteiger partial charge is 1.00 e. The Hall–Kier alpha value is 0.400. The van der Waals surface area contributed by atoms with Gasteiger partial charge in [0.2, 0.25) is 0 Å².